The van der Waals surface area contributed by atoms with Crippen molar-refractivity contribution in [2.45, 2.75) is 32.9 Å². The van der Waals surface area contributed by atoms with Crippen LogP contribution in [-0.2, 0) is 9.53 Å². The Labute approximate surface area is 234 Å². The molecule has 0 spiro atoms. The fourth-order valence-electron chi connectivity index (χ4n) is 4.82. The van der Waals surface area contributed by atoms with E-state index in [1.54, 1.807) is 25.1 Å². The van der Waals surface area contributed by atoms with E-state index in [-0.39, 0.29) is 17.2 Å². The van der Waals surface area contributed by atoms with E-state index in [4.69, 9.17) is 25.8 Å². The summed E-state index contributed by atoms with van der Waals surface area (Å²) in [6.45, 7) is 5.70. The Bertz CT molecular complexity index is 1820. The summed E-state index contributed by atoms with van der Waals surface area (Å²) >= 11 is 7.62. The molecule has 0 fully saturated rings. The van der Waals surface area contributed by atoms with Crippen LogP contribution in [0.3, 0.4) is 0 Å². The van der Waals surface area contributed by atoms with Gasteiger partial charge in [-0.3, -0.25) is 9.36 Å². The smallest absolute Gasteiger partial charge is 0.338 e. The van der Waals surface area contributed by atoms with Gasteiger partial charge < -0.3 is 14.2 Å². The van der Waals surface area contributed by atoms with Crippen molar-refractivity contribution in [1.29, 1.82) is 0 Å². The number of esters is 1. The van der Waals surface area contributed by atoms with E-state index in [9.17, 15) is 9.59 Å². The number of thiazole rings is 1. The molecule has 1 aromatic heterocycles. The molecule has 0 saturated heterocycles. The lowest BCUT2D eigenvalue weighted by molar-refractivity contribution is -0.136. The van der Waals surface area contributed by atoms with Gasteiger partial charge in [-0.05, 0) is 62.1 Å². The van der Waals surface area contributed by atoms with E-state index in [1.165, 1.54) is 30.1 Å². The maximum Gasteiger partial charge on any atom is 0.338 e. The van der Waals surface area contributed by atoms with Crippen LogP contribution in [0.5, 0.6) is 11.5 Å². The van der Waals surface area contributed by atoms with Crippen molar-refractivity contribution in [2.75, 3.05) is 14.2 Å². The van der Waals surface area contributed by atoms with Crippen molar-refractivity contribution in [2.24, 2.45) is 4.99 Å². The van der Waals surface area contributed by atoms with Crippen LogP contribution in [0.2, 0.25) is 5.02 Å². The molecule has 1 aliphatic rings. The number of aromatic nitrogens is 1. The Kier molecular flexibility index (Phi) is 7.34. The van der Waals surface area contributed by atoms with Gasteiger partial charge in [-0.15, -0.1) is 0 Å². The molecule has 0 radical (unpaired) electrons. The van der Waals surface area contributed by atoms with Crippen LogP contribution in [0, 0.1) is 0 Å². The number of hydrogen-bond donors (Lipinski definition) is 0. The first-order valence-electron chi connectivity index (χ1n) is 12.4. The molecule has 7 nitrogen and oxygen atoms in total. The zero-order valence-corrected chi connectivity index (χ0v) is 23.7. The first kappa shape index (κ1) is 26.7. The molecule has 0 saturated carbocycles. The molecule has 39 heavy (non-hydrogen) atoms. The summed E-state index contributed by atoms with van der Waals surface area (Å²) in [7, 11) is 2.83. The van der Waals surface area contributed by atoms with E-state index in [0.29, 0.717) is 31.4 Å². The molecule has 4 aromatic rings. The predicted molar refractivity (Wildman–Crippen MR) is 153 cm³/mol. The lowest BCUT2D eigenvalue weighted by Crippen LogP contribution is -2.40. The fourth-order valence-corrected chi connectivity index (χ4v) is 6.04. The van der Waals surface area contributed by atoms with Crippen molar-refractivity contribution in [1.82, 2.24) is 4.57 Å². The second-order valence-electron chi connectivity index (χ2n) is 9.32. The van der Waals surface area contributed by atoms with E-state index in [2.05, 4.69) is 4.99 Å². The van der Waals surface area contributed by atoms with Gasteiger partial charge in [0, 0.05) is 16.0 Å². The number of nitrogens with zero attached hydrogens (tertiary/aromatic N) is 2. The predicted octanol–water partition coefficient (Wildman–Crippen LogP) is 5.01. The number of benzene rings is 3. The lowest BCUT2D eigenvalue weighted by Gasteiger charge is -2.25. The molecule has 2 heterocycles. The number of rotatable bonds is 6. The molecule has 3 aromatic carbocycles. The molecule has 5 rings (SSSR count). The zero-order valence-electron chi connectivity index (χ0n) is 22.2. The van der Waals surface area contributed by atoms with Gasteiger partial charge in [0.05, 0.1) is 36.1 Å². The van der Waals surface area contributed by atoms with Crippen LogP contribution in [0.25, 0.3) is 16.8 Å². The van der Waals surface area contributed by atoms with Gasteiger partial charge in [0.1, 0.15) is 17.5 Å². The van der Waals surface area contributed by atoms with Crippen molar-refractivity contribution in [3.63, 3.8) is 0 Å². The minimum atomic E-state index is -0.830. The molecule has 0 N–H and O–H groups in total. The zero-order chi connectivity index (χ0) is 27.8. The number of carbonyl (C=O) groups is 1. The van der Waals surface area contributed by atoms with E-state index in [1.807, 2.05) is 56.3 Å². The average molecular weight is 563 g/mol. The van der Waals surface area contributed by atoms with Crippen molar-refractivity contribution >= 4 is 45.8 Å². The third-order valence-electron chi connectivity index (χ3n) is 6.48. The largest absolute Gasteiger partial charge is 0.496 e. The summed E-state index contributed by atoms with van der Waals surface area (Å²) in [6.07, 6.45) is 1.88. The first-order chi connectivity index (χ1) is 18.7. The molecular formula is C30H27ClN2O5S. The van der Waals surface area contributed by atoms with Crippen molar-refractivity contribution in [3.05, 3.63) is 102 Å². The molecule has 1 aliphatic heterocycles. The highest BCUT2D eigenvalue weighted by Crippen LogP contribution is 2.37. The summed E-state index contributed by atoms with van der Waals surface area (Å²) in [5.74, 6) is 0.691. The van der Waals surface area contributed by atoms with E-state index >= 15 is 0 Å². The van der Waals surface area contributed by atoms with Crippen molar-refractivity contribution < 1.29 is 19.0 Å². The Balaban J connectivity index is 1.77. The van der Waals surface area contributed by atoms with Gasteiger partial charge in [-0.1, -0.05) is 53.3 Å². The summed E-state index contributed by atoms with van der Waals surface area (Å²) in [5, 5.41) is 2.36. The minimum absolute atomic E-state index is 0.0265. The van der Waals surface area contributed by atoms with Gasteiger partial charge in [0.15, 0.2) is 4.80 Å². The van der Waals surface area contributed by atoms with Gasteiger partial charge in [-0.25, -0.2) is 9.79 Å². The van der Waals surface area contributed by atoms with Gasteiger partial charge in [0.25, 0.3) is 5.56 Å². The van der Waals surface area contributed by atoms with Gasteiger partial charge in [-0.2, -0.15) is 0 Å². The number of methoxy groups -OCH3 is 2. The second-order valence-corrected chi connectivity index (χ2v) is 10.8. The van der Waals surface area contributed by atoms with Crippen LogP contribution in [0.1, 0.15) is 37.9 Å². The topological polar surface area (TPSA) is 79.1 Å². The third kappa shape index (κ3) is 4.86. The van der Waals surface area contributed by atoms with Gasteiger partial charge >= 0.3 is 5.97 Å². The number of ether oxygens (including phenoxy) is 3. The standard InChI is InChI=1S/C30H27ClN2O5S/c1-16(2)38-24-12-10-18(20-8-6-7-9-21(20)24)14-25-28(34)33-27(22-15-19(31)11-13-23(22)36-4)26(29(35)37-5)17(3)32-30(33)39-25/h6-16,27H,1-5H3/b25-14-/t27-/m0/s1. The normalized spacial score (nSPS) is 15.4. The number of halogens is 1. The average Bonchev–Trinajstić information content (AvgIpc) is 3.22. The number of carbonyl (C=O) groups excluding carboxylic acids is 1. The van der Waals surface area contributed by atoms with Crippen LogP contribution < -0.4 is 24.4 Å². The van der Waals surface area contributed by atoms with Gasteiger partial charge in [0.2, 0.25) is 0 Å². The molecule has 200 valence electrons. The third-order valence-corrected chi connectivity index (χ3v) is 7.70. The van der Waals surface area contributed by atoms with Crippen molar-refractivity contribution in [3.8, 4) is 11.5 Å². The highest BCUT2D eigenvalue weighted by atomic mass is 35.5. The van der Waals surface area contributed by atoms with Crippen LogP contribution >= 0.6 is 22.9 Å². The van der Waals surface area contributed by atoms with E-state index < -0.39 is 12.0 Å². The molecule has 1 atom stereocenters. The molecule has 9 heteroatoms. The first-order valence-corrected chi connectivity index (χ1v) is 13.6. The highest BCUT2D eigenvalue weighted by molar-refractivity contribution is 7.07. The SMILES string of the molecule is COC(=O)C1=C(C)N=c2s/c(=C\c3ccc(OC(C)C)c4ccccc34)c(=O)n2[C@H]1c1cc(Cl)ccc1OC. The Hall–Kier alpha value is -3.88. The summed E-state index contributed by atoms with van der Waals surface area (Å²) in [6, 6.07) is 16.1. The maximum atomic E-state index is 14.0. The highest BCUT2D eigenvalue weighted by Gasteiger charge is 2.35. The number of hydrogen-bond acceptors (Lipinski definition) is 7. The Morgan fingerprint density at radius 2 is 1.79 bits per heavy atom. The van der Waals surface area contributed by atoms with E-state index in [0.717, 1.165) is 22.1 Å². The second kappa shape index (κ2) is 10.7. The van der Waals surface area contributed by atoms with Crippen LogP contribution in [0.4, 0.5) is 0 Å². The monoisotopic (exact) mass is 562 g/mol. The lowest BCUT2D eigenvalue weighted by atomic mass is 9.95. The van der Waals surface area contributed by atoms with Crippen LogP contribution in [-0.4, -0.2) is 30.9 Å². The quantitative estimate of drug-likeness (QED) is 0.309. The molecule has 0 aliphatic carbocycles. The summed E-state index contributed by atoms with van der Waals surface area (Å²) in [5.41, 5.74) is 1.85. The Morgan fingerprint density at radius 1 is 1.08 bits per heavy atom. The maximum absolute atomic E-state index is 14.0. The molecular weight excluding hydrogens is 536 g/mol. The summed E-state index contributed by atoms with van der Waals surface area (Å²) in [4.78, 5) is 32.1. The molecule has 0 amide bonds. The summed E-state index contributed by atoms with van der Waals surface area (Å²) < 4.78 is 18.7. The molecule has 0 unspecified atom stereocenters. The number of fused-ring (bicyclic) bond motifs is 2. The Morgan fingerprint density at radius 3 is 2.49 bits per heavy atom. The minimum Gasteiger partial charge on any atom is -0.496 e. The number of allylic oxidation sites excluding steroid dienone is 1. The fraction of sp³-hybridized carbons (Fsp3) is 0.233. The molecule has 0 bridgehead atoms. The van der Waals surface area contributed by atoms with Crippen LogP contribution in [0.15, 0.2) is 75.7 Å².